The van der Waals surface area contributed by atoms with Crippen LogP contribution in [0.25, 0.3) is 0 Å². The van der Waals surface area contributed by atoms with E-state index in [-0.39, 0.29) is 18.1 Å². The van der Waals surface area contributed by atoms with Crippen LogP contribution in [0.2, 0.25) is 5.02 Å². The Bertz CT molecular complexity index is 504. The van der Waals surface area contributed by atoms with Crippen LogP contribution in [0, 0.1) is 0 Å². The van der Waals surface area contributed by atoms with Crippen LogP contribution >= 0.6 is 11.6 Å². The monoisotopic (exact) mass is 276 g/mol. The molecule has 0 bridgehead atoms. The van der Waals surface area contributed by atoms with E-state index in [1.807, 2.05) is 4.90 Å². The largest absolute Gasteiger partial charge is 0.390 e. The summed E-state index contributed by atoms with van der Waals surface area (Å²) in [5.74, 6) is 0.950. The molecule has 7 heteroatoms. The third-order valence-corrected chi connectivity index (χ3v) is 4.68. The van der Waals surface area contributed by atoms with E-state index >= 15 is 0 Å². The molecule has 2 heterocycles. The molecular weight excluding hydrogens is 264 g/mol. The highest BCUT2D eigenvalue weighted by atomic mass is 35.5. The summed E-state index contributed by atoms with van der Waals surface area (Å²) in [5.41, 5.74) is 0.414. The molecule has 0 aliphatic carbocycles. The van der Waals surface area contributed by atoms with E-state index in [2.05, 4.69) is 4.98 Å². The Morgan fingerprint density at radius 2 is 2.00 bits per heavy atom. The highest BCUT2D eigenvalue weighted by Crippen LogP contribution is 2.20. The maximum atomic E-state index is 11.3. The van der Waals surface area contributed by atoms with Crippen molar-refractivity contribution in [1.82, 2.24) is 4.98 Å². The summed E-state index contributed by atoms with van der Waals surface area (Å²) < 4.78 is 22.6. The highest BCUT2D eigenvalue weighted by Gasteiger charge is 2.22. The Hall–Kier alpha value is -0.850. The van der Waals surface area contributed by atoms with Gasteiger partial charge in [-0.15, -0.1) is 0 Å². The van der Waals surface area contributed by atoms with Crippen LogP contribution in [-0.2, 0) is 16.4 Å². The number of rotatable bonds is 2. The molecule has 1 N–H and O–H groups in total. The molecule has 94 valence electrons. The van der Waals surface area contributed by atoms with Gasteiger partial charge in [0.25, 0.3) is 0 Å². The fourth-order valence-corrected chi connectivity index (χ4v) is 3.07. The van der Waals surface area contributed by atoms with Gasteiger partial charge in [-0.05, 0) is 12.1 Å². The van der Waals surface area contributed by atoms with Gasteiger partial charge in [-0.3, -0.25) is 0 Å². The fraction of sp³-hybridized carbons (Fsp3) is 0.500. The molecule has 1 fully saturated rings. The van der Waals surface area contributed by atoms with Gasteiger partial charge in [0.2, 0.25) is 0 Å². The zero-order chi connectivity index (χ0) is 12.5. The second-order valence-electron chi connectivity index (χ2n) is 3.89. The van der Waals surface area contributed by atoms with Crippen molar-refractivity contribution in [1.29, 1.82) is 0 Å². The predicted molar refractivity (Wildman–Crippen MR) is 66.0 cm³/mol. The van der Waals surface area contributed by atoms with E-state index in [0.717, 1.165) is 0 Å². The normalized spacial score (nSPS) is 19.3. The third kappa shape index (κ3) is 2.88. The Balaban J connectivity index is 2.19. The van der Waals surface area contributed by atoms with Crippen LogP contribution in [0.4, 0.5) is 5.82 Å². The van der Waals surface area contributed by atoms with E-state index in [9.17, 15) is 8.42 Å². The van der Waals surface area contributed by atoms with Crippen molar-refractivity contribution in [2.24, 2.45) is 0 Å². The minimum Gasteiger partial charge on any atom is -0.390 e. The number of anilines is 1. The maximum absolute atomic E-state index is 11.3. The summed E-state index contributed by atoms with van der Waals surface area (Å²) in [6.07, 6.45) is 0. The van der Waals surface area contributed by atoms with Gasteiger partial charge in [-0.25, -0.2) is 13.4 Å². The molecule has 0 atom stereocenters. The lowest BCUT2D eigenvalue weighted by atomic mass is 10.3. The summed E-state index contributed by atoms with van der Waals surface area (Å²) in [5, 5.41) is 9.48. The Morgan fingerprint density at radius 1 is 1.35 bits per heavy atom. The van der Waals surface area contributed by atoms with Crippen molar-refractivity contribution in [3.63, 3.8) is 0 Å². The van der Waals surface area contributed by atoms with Crippen molar-refractivity contribution in [2.45, 2.75) is 6.61 Å². The fourth-order valence-electron chi connectivity index (χ4n) is 1.70. The van der Waals surface area contributed by atoms with Crippen LogP contribution in [-0.4, -0.2) is 43.1 Å². The molecule has 0 amide bonds. The molecule has 1 aliphatic rings. The summed E-state index contributed by atoms with van der Waals surface area (Å²) in [4.78, 5) is 6.10. The molecule has 5 nitrogen and oxygen atoms in total. The maximum Gasteiger partial charge on any atom is 0.153 e. The number of sulfone groups is 1. The standard InChI is InChI=1S/C10H13ClN2O3S/c11-8-1-2-10(12-9(8)7-14)13-3-5-17(15,16)6-4-13/h1-2,14H,3-7H2. The molecule has 1 aromatic rings. The number of pyridine rings is 1. The molecule has 0 unspecified atom stereocenters. The van der Waals surface area contributed by atoms with Gasteiger partial charge < -0.3 is 10.0 Å². The molecule has 0 saturated carbocycles. The zero-order valence-electron chi connectivity index (χ0n) is 9.13. The summed E-state index contributed by atoms with van der Waals surface area (Å²) in [6.45, 7) is 0.641. The van der Waals surface area contributed by atoms with Gasteiger partial charge >= 0.3 is 0 Å². The molecule has 0 radical (unpaired) electrons. The van der Waals surface area contributed by atoms with E-state index < -0.39 is 9.84 Å². The van der Waals surface area contributed by atoms with Crippen LogP contribution in [0.15, 0.2) is 12.1 Å². The first-order valence-electron chi connectivity index (χ1n) is 5.23. The van der Waals surface area contributed by atoms with E-state index in [4.69, 9.17) is 16.7 Å². The number of aromatic nitrogens is 1. The lowest BCUT2D eigenvalue weighted by Gasteiger charge is -2.28. The zero-order valence-corrected chi connectivity index (χ0v) is 10.7. The van der Waals surface area contributed by atoms with Gasteiger partial charge in [0.05, 0.1) is 28.8 Å². The number of nitrogens with zero attached hydrogens (tertiary/aromatic N) is 2. The minimum atomic E-state index is -2.89. The summed E-state index contributed by atoms with van der Waals surface area (Å²) in [6, 6.07) is 3.40. The number of aliphatic hydroxyl groups excluding tert-OH is 1. The molecule has 17 heavy (non-hydrogen) atoms. The average Bonchev–Trinajstić information content (AvgIpc) is 2.30. The average molecular weight is 277 g/mol. The van der Waals surface area contributed by atoms with E-state index in [0.29, 0.717) is 29.6 Å². The summed E-state index contributed by atoms with van der Waals surface area (Å²) in [7, 11) is -2.89. The topological polar surface area (TPSA) is 70.5 Å². The lowest BCUT2D eigenvalue weighted by molar-refractivity contribution is 0.277. The first-order valence-corrected chi connectivity index (χ1v) is 7.43. The molecular formula is C10H13ClN2O3S. The van der Waals surface area contributed by atoms with Crippen molar-refractivity contribution in [3.05, 3.63) is 22.8 Å². The van der Waals surface area contributed by atoms with Gasteiger partial charge in [0, 0.05) is 13.1 Å². The van der Waals surface area contributed by atoms with Gasteiger partial charge in [0.15, 0.2) is 9.84 Å². The van der Waals surface area contributed by atoms with Crippen molar-refractivity contribution < 1.29 is 13.5 Å². The quantitative estimate of drug-likeness (QED) is 0.850. The van der Waals surface area contributed by atoms with Crippen LogP contribution in [0.5, 0.6) is 0 Å². The predicted octanol–water partition coefficient (Wildman–Crippen LogP) is 0.462. The van der Waals surface area contributed by atoms with Gasteiger partial charge in [0.1, 0.15) is 5.82 Å². The molecule has 1 saturated heterocycles. The van der Waals surface area contributed by atoms with E-state index in [1.165, 1.54) is 0 Å². The number of halogens is 1. The molecule has 0 spiro atoms. The highest BCUT2D eigenvalue weighted by molar-refractivity contribution is 7.91. The van der Waals surface area contributed by atoms with Gasteiger partial charge in [-0.1, -0.05) is 11.6 Å². The Morgan fingerprint density at radius 3 is 2.59 bits per heavy atom. The molecule has 1 aromatic heterocycles. The summed E-state index contributed by atoms with van der Waals surface area (Å²) >= 11 is 5.84. The molecule has 0 aromatic carbocycles. The third-order valence-electron chi connectivity index (χ3n) is 2.72. The minimum absolute atomic E-state index is 0.145. The molecule has 1 aliphatic heterocycles. The van der Waals surface area contributed by atoms with Crippen molar-refractivity contribution in [3.8, 4) is 0 Å². The second kappa shape index (κ2) is 4.80. The Kier molecular flexibility index (Phi) is 3.56. The van der Waals surface area contributed by atoms with Crippen LogP contribution in [0.1, 0.15) is 5.69 Å². The van der Waals surface area contributed by atoms with Crippen LogP contribution < -0.4 is 4.90 Å². The first kappa shape index (κ1) is 12.6. The van der Waals surface area contributed by atoms with Gasteiger partial charge in [-0.2, -0.15) is 0 Å². The number of hydrogen-bond acceptors (Lipinski definition) is 5. The molecule has 2 rings (SSSR count). The lowest BCUT2D eigenvalue weighted by Crippen LogP contribution is -2.40. The second-order valence-corrected chi connectivity index (χ2v) is 6.61. The smallest absolute Gasteiger partial charge is 0.153 e. The van der Waals surface area contributed by atoms with Crippen molar-refractivity contribution >= 4 is 27.3 Å². The van der Waals surface area contributed by atoms with Crippen LogP contribution in [0.3, 0.4) is 0 Å². The number of hydrogen-bond donors (Lipinski definition) is 1. The van der Waals surface area contributed by atoms with E-state index in [1.54, 1.807) is 12.1 Å². The number of aliphatic hydroxyl groups is 1. The first-order chi connectivity index (χ1) is 8.02. The van der Waals surface area contributed by atoms with Crippen molar-refractivity contribution in [2.75, 3.05) is 29.5 Å². The Labute approximate surface area is 105 Å². The SMILES string of the molecule is O=S1(=O)CCN(c2ccc(Cl)c(CO)n2)CC1.